The molecule has 0 unspecified atom stereocenters. The Kier molecular flexibility index (Phi) is 2.74. The van der Waals surface area contributed by atoms with Gasteiger partial charge in [-0.15, -0.1) is 0 Å². The average molecular weight is 228 g/mol. The number of rotatable bonds is 1. The summed E-state index contributed by atoms with van der Waals surface area (Å²) in [4.78, 5) is 10.1. The van der Waals surface area contributed by atoms with Crippen molar-refractivity contribution in [1.82, 2.24) is 0 Å². The van der Waals surface area contributed by atoms with Gasteiger partial charge in [-0.3, -0.25) is 4.79 Å². The lowest BCUT2D eigenvalue weighted by atomic mass is 10.1. The molecule has 0 atom stereocenters. The molecule has 0 aliphatic carbocycles. The van der Waals surface area contributed by atoms with Gasteiger partial charge >= 0.3 is 6.18 Å². The fraction of sp³-hybridized carbons (Fsp3) is 0.125. The quantitative estimate of drug-likeness (QED) is 0.410. The van der Waals surface area contributed by atoms with Gasteiger partial charge in [0.05, 0.1) is 5.56 Å². The van der Waals surface area contributed by atoms with Crippen molar-refractivity contribution < 1.29 is 31.1 Å². The van der Waals surface area contributed by atoms with E-state index in [2.05, 4.69) is 0 Å². The molecule has 0 saturated heterocycles. The van der Waals surface area contributed by atoms with Crippen LogP contribution < -0.4 is 0 Å². The van der Waals surface area contributed by atoms with E-state index in [0.717, 1.165) is 0 Å². The second kappa shape index (κ2) is 3.56. The number of carbonyl (C=O) groups is 1. The standard InChI is InChI=1S/C8H2F6O/c9-4-1-5(10)7(11)6(3(4)2-15)8(12,13)14/h1-2H. The van der Waals surface area contributed by atoms with E-state index in [0.29, 0.717) is 0 Å². The van der Waals surface area contributed by atoms with E-state index in [1.54, 1.807) is 0 Å². The number of carbonyl (C=O) groups excluding carboxylic acids is 1. The molecule has 82 valence electrons. The van der Waals surface area contributed by atoms with Crippen molar-refractivity contribution in [1.29, 1.82) is 0 Å². The van der Waals surface area contributed by atoms with Crippen LogP contribution in [0.2, 0.25) is 0 Å². The van der Waals surface area contributed by atoms with Crippen LogP contribution in [0.1, 0.15) is 15.9 Å². The Hall–Kier alpha value is -1.53. The van der Waals surface area contributed by atoms with Crippen LogP contribution in [0, 0.1) is 17.5 Å². The Morgan fingerprint density at radius 3 is 2.00 bits per heavy atom. The molecule has 1 aromatic rings. The fourth-order valence-electron chi connectivity index (χ4n) is 1.00. The van der Waals surface area contributed by atoms with E-state index in [1.165, 1.54) is 0 Å². The molecule has 0 heterocycles. The minimum atomic E-state index is -5.33. The SMILES string of the molecule is O=Cc1c(F)cc(F)c(F)c1C(F)(F)F. The van der Waals surface area contributed by atoms with E-state index in [9.17, 15) is 31.1 Å². The van der Waals surface area contributed by atoms with Gasteiger partial charge in [-0.05, 0) is 0 Å². The monoisotopic (exact) mass is 228 g/mol. The highest BCUT2D eigenvalue weighted by atomic mass is 19.4. The van der Waals surface area contributed by atoms with Gasteiger partial charge in [0.25, 0.3) is 0 Å². The maximum atomic E-state index is 12.7. The van der Waals surface area contributed by atoms with Gasteiger partial charge in [-0.2, -0.15) is 13.2 Å². The zero-order valence-corrected chi connectivity index (χ0v) is 6.83. The zero-order chi connectivity index (χ0) is 11.8. The number of halogens is 6. The van der Waals surface area contributed by atoms with Crippen LogP contribution in [0.5, 0.6) is 0 Å². The van der Waals surface area contributed by atoms with Crippen molar-refractivity contribution in [2.45, 2.75) is 6.18 Å². The van der Waals surface area contributed by atoms with E-state index in [1.807, 2.05) is 0 Å². The lowest BCUT2D eigenvalue weighted by Crippen LogP contribution is -2.15. The molecule has 0 radical (unpaired) electrons. The molecule has 7 heteroatoms. The summed E-state index contributed by atoms with van der Waals surface area (Å²) < 4.78 is 74.2. The largest absolute Gasteiger partial charge is 0.420 e. The highest BCUT2D eigenvalue weighted by Crippen LogP contribution is 2.35. The molecular weight excluding hydrogens is 226 g/mol. The molecule has 0 saturated carbocycles. The van der Waals surface area contributed by atoms with E-state index in [-0.39, 0.29) is 6.07 Å². The smallest absolute Gasteiger partial charge is 0.298 e. The molecule has 0 spiro atoms. The van der Waals surface area contributed by atoms with Gasteiger partial charge in [-0.1, -0.05) is 0 Å². The fourth-order valence-corrected chi connectivity index (χ4v) is 1.00. The summed E-state index contributed by atoms with van der Waals surface area (Å²) in [6.45, 7) is 0. The maximum Gasteiger partial charge on any atom is 0.420 e. The molecule has 0 amide bonds. The van der Waals surface area contributed by atoms with Gasteiger partial charge in [0.2, 0.25) is 0 Å². The van der Waals surface area contributed by atoms with Gasteiger partial charge in [0.15, 0.2) is 17.9 Å². The maximum absolute atomic E-state index is 12.7. The Balaban J connectivity index is 3.66. The number of alkyl halides is 3. The summed E-state index contributed by atoms with van der Waals surface area (Å²) in [7, 11) is 0. The van der Waals surface area contributed by atoms with Crippen LogP contribution in [0.4, 0.5) is 26.3 Å². The van der Waals surface area contributed by atoms with Gasteiger partial charge < -0.3 is 0 Å². The molecule has 1 rings (SSSR count). The molecule has 0 aromatic heterocycles. The normalized spacial score (nSPS) is 11.6. The third kappa shape index (κ3) is 1.95. The molecule has 0 aliphatic rings. The molecule has 0 aliphatic heterocycles. The first-order valence-electron chi connectivity index (χ1n) is 3.49. The number of aldehydes is 1. The molecule has 0 N–H and O–H groups in total. The number of hydrogen-bond acceptors (Lipinski definition) is 1. The molecule has 0 bridgehead atoms. The molecule has 1 nitrogen and oxygen atoms in total. The Morgan fingerprint density at radius 2 is 1.60 bits per heavy atom. The van der Waals surface area contributed by atoms with Crippen molar-refractivity contribution in [2.24, 2.45) is 0 Å². The van der Waals surface area contributed by atoms with Crippen LogP contribution in [0.15, 0.2) is 6.07 Å². The average Bonchev–Trinajstić information content (AvgIpc) is 2.08. The number of benzene rings is 1. The van der Waals surface area contributed by atoms with Crippen molar-refractivity contribution in [3.05, 3.63) is 34.6 Å². The number of hydrogen-bond donors (Lipinski definition) is 0. The van der Waals surface area contributed by atoms with Crippen LogP contribution in [0.3, 0.4) is 0 Å². The lowest BCUT2D eigenvalue weighted by molar-refractivity contribution is -0.140. The predicted octanol–water partition coefficient (Wildman–Crippen LogP) is 2.94. The highest BCUT2D eigenvalue weighted by Gasteiger charge is 2.39. The molecule has 1 aromatic carbocycles. The second-order valence-corrected chi connectivity index (χ2v) is 2.56. The molecule has 0 fully saturated rings. The van der Waals surface area contributed by atoms with E-state index in [4.69, 9.17) is 0 Å². The van der Waals surface area contributed by atoms with Crippen LogP contribution in [0.25, 0.3) is 0 Å². The summed E-state index contributed by atoms with van der Waals surface area (Å²) in [6, 6.07) is -0.117. The third-order valence-electron chi connectivity index (χ3n) is 1.61. The summed E-state index contributed by atoms with van der Waals surface area (Å²) in [6.07, 6.45) is -5.84. The Labute approximate surface area is 79.3 Å². The third-order valence-corrected chi connectivity index (χ3v) is 1.61. The zero-order valence-electron chi connectivity index (χ0n) is 6.83. The predicted molar refractivity (Wildman–Crippen MR) is 36.7 cm³/mol. The highest BCUT2D eigenvalue weighted by molar-refractivity contribution is 5.78. The first kappa shape index (κ1) is 11.5. The summed E-state index contributed by atoms with van der Waals surface area (Å²) in [5.41, 5.74) is -3.77. The van der Waals surface area contributed by atoms with Crippen molar-refractivity contribution >= 4 is 6.29 Å². The summed E-state index contributed by atoms with van der Waals surface area (Å²) in [5, 5.41) is 0. The van der Waals surface area contributed by atoms with Crippen molar-refractivity contribution in [3.8, 4) is 0 Å². The van der Waals surface area contributed by atoms with E-state index < -0.39 is 41.0 Å². The molecular formula is C8H2F6O. The first-order valence-corrected chi connectivity index (χ1v) is 3.49. The summed E-state index contributed by atoms with van der Waals surface area (Å²) in [5.74, 6) is -6.03. The minimum absolute atomic E-state index is 0.117. The lowest BCUT2D eigenvalue weighted by Gasteiger charge is -2.11. The second-order valence-electron chi connectivity index (χ2n) is 2.56. The Bertz CT molecular complexity index is 409. The molecule has 15 heavy (non-hydrogen) atoms. The van der Waals surface area contributed by atoms with Crippen LogP contribution >= 0.6 is 0 Å². The summed E-state index contributed by atoms with van der Waals surface area (Å²) >= 11 is 0. The first-order chi connectivity index (χ1) is 6.79. The van der Waals surface area contributed by atoms with Gasteiger partial charge in [0.1, 0.15) is 11.4 Å². The Morgan fingerprint density at radius 1 is 1.07 bits per heavy atom. The van der Waals surface area contributed by atoms with Crippen LogP contribution in [-0.4, -0.2) is 6.29 Å². The minimum Gasteiger partial charge on any atom is -0.298 e. The van der Waals surface area contributed by atoms with Crippen molar-refractivity contribution in [2.75, 3.05) is 0 Å². The van der Waals surface area contributed by atoms with Gasteiger partial charge in [-0.25, -0.2) is 13.2 Å². The van der Waals surface area contributed by atoms with E-state index >= 15 is 0 Å². The van der Waals surface area contributed by atoms with Gasteiger partial charge in [0, 0.05) is 6.07 Å². The van der Waals surface area contributed by atoms with Crippen molar-refractivity contribution in [3.63, 3.8) is 0 Å². The van der Waals surface area contributed by atoms with Crippen LogP contribution in [-0.2, 0) is 6.18 Å². The topological polar surface area (TPSA) is 17.1 Å².